The Hall–Kier alpha value is -1.84. The van der Waals surface area contributed by atoms with Gasteiger partial charge in [0.2, 0.25) is 6.29 Å². The lowest BCUT2D eigenvalue weighted by Gasteiger charge is -2.44. The molecule has 0 saturated heterocycles. The Labute approximate surface area is 139 Å². The number of hydrogen-bond acceptors (Lipinski definition) is 3. The largest absolute Gasteiger partial charge is 0.465 e. The van der Waals surface area contributed by atoms with Crippen molar-refractivity contribution in [2.45, 2.75) is 31.0 Å². The second-order valence-electron chi connectivity index (χ2n) is 6.34. The average molecular weight is 329 g/mol. The van der Waals surface area contributed by atoms with Gasteiger partial charge in [0.25, 0.3) is 0 Å². The van der Waals surface area contributed by atoms with E-state index < -0.39 is 6.29 Å². The zero-order valence-electron chi connectivity index (χ0n) is 12.5. The number of halogens is 1. The third-order valence-corrected chi connectivity index (χ3v) is 5.24. The lowest BCUT2D eigenvalue weighted by atomic mass is 9.65. The van der Waals surface area contributed by atoms with E-state index in [-0.39, 0.29) is 23.5 Å². The summed E-state index contributed by atoms with van der Waals surface area (Å²) in [6.07, 6.45) is -0.0320. The highest BCUT2D eigenvalue weighted by molar-refractivity contribution is 6.30. The Bertz CT molecular complexity index is 744. The van der Waals surface area contributed by atoms with Gasteiger partial charge < -0.3 is 9.84 Å². The molecule has 1 heterocycles. The first-order valence-electron chi connectivity index (χ1n) is 7.84. The summed E-state index contributed by atoms with van der Waals surface area (Å²) in [6, 6.07) is 15.3. The van der Waals surface area contributed by atoms with Gasteiger partial charge in [0.15, 0.2) is 0 Å². The van der Waals surface area contributed by atoms with Crippen molar-refractivity contribution in [2.24, 2.45) is 5.92 Å². The zero-order chi connectivity index (χ0) is 16.0. The number of benzene rings is 2. The van der Waals surface area contributed by atoms with Crippen LogP contribution in [0.15, 0.2) is 48.5 Å². The molecule has 0 unspecified atom stereocenters. The summed E-state index contributed by atoms with van der Waals surface area (Å²) in [5.74, 6) is 0.620. The SMILES string of the molecule is O=C1C[C@H](c2ccccc2)[C@H]2[C@@H](O)Oc3ccc(Cl)cc3[C@@H]2C1. The Kier molecular flexibility index (Phi) is 3.63. The number of hydrogen-bond donors (Lipinski definition) is 1. The Morgan fingerprint density at radius 3 is 2.57 bits per heavy atom. The lowest BCUT2D eigenvalue weighted by molar-refractivity contribution is -0.131. The molecule has 4 heteroatoms. The monoisotopic (exact) mass is 328 g/mol. The molecule has 0 amide bonds. The minimum absolute atomic E-state index is 0.0374. The van der Waals surface area contributed by atoms with Crippen LogP contribution < -0.4 is 4.74 Å². The van der Waals surface area contributed by atoms with Crippen molar-refractivity contribution in [3.05, 3.63) is 64.7 Å². The molecule has 0 aromatic heterocycles. The first kappa shape index (κ1) is 14.7. The smallest absolute Gasteiger partial charge is 0.201 e. The molecule has 1 aliphatic heterocycles. The van der Waals surface area contributed by atoms with Gasteiger partial charge in [-0.3, -0.25) is 4.79 Å². The Morgan fingerprint density at radius 1 is 1.04 bits per heavy atom. The maximum atomic E-state index is 12.3. The van der Waals surface area contributed by atoms with E-state index >= 15 is 0 Å². The third kappa shape index (κ3) is 2.54. The van der Waals surface area contributed by atoms with Crippen molar-refractivity contribution in [3.8, 4) is 5.75 Å². The van der Waals surface area contributed by atoms with E-state index in [1.54, 1.807) is 12.1 Å². The van der Waals surface area contributed by atoms with E-state index in [0.717, 1.165) is 11.1 Å². The molecule has 1 aliphatic carbocycles. The van der Waals surface area contributed by atoms with Crippen LogP contribution in [0.2, 0.25) is 5.02 Å². The van der Waals surface area contributed by atoms with Crippen LogP contribution in [0.1, 0.15) is 35.8 Å². The van der Waals surface area contributed by atoms with E-state index in [1.165, 1.54) is 0 Å². The van der Waals surface area contributed by atoms with Crippen LogP contribution in [0.4, 0.5) is 0 Å². The van der Waals surface area contributed by atoms with E-state index in [0.29, 0.717) is 23.6 Å². The van der Waals surface area contributed by atoms with Gasteiger partial charge in [0.1, 0.15) is 11.5 Å². The number of ether oxygens (including phenoxy) is 1. The Morgan fingerprint density at radius 2 is 1.78 bits per heavy atom. The molecule has 0 radical (unpaired) electrons. The molecule has 2 aromatic rings. The maximum Gasteiger partial charge on any atom is 0.201 e. The topological polar surface area (TPSA) is 46.5 Å². The summed E-state index contributed by atoms with van der Waals surface area (Å²) in [5.41, 5.74) is 2.01. The van der Waals surface area contributed by atoms with Gasteiger partial charge in [-0.25, -0.2) is 0 Å². The molecule has 4 rings (SSSR count). The number of carbonyl (C=O) groups is 1. The third-order valence-electron chi connectivity index (χ3n) is 5.00. The quantitative estimate of drug-likeness (QED) is 0.863. The summed E-state index contributed by atoms with van der Waals surface area (Å²) in [6.45, 7) is 0. The number of aliphatic hydroxyl groups excluding tert-OH is 1. The van der Waals surface area contributed by atoms with Gasteiger partial charge >= 0.3 is 0 Å². The number of Topliss-reactive ketones (excluding diaryl/α,β-unsaturated/α-hetero) is 1. The van der Waals surface area contributed by atoms with Gasteiger partial charge in [-0.2, -0.15) is 0 Å². The molecule has 3 nitrogen and oxygen atoms in total. The summed E-state index contributed by atoms with van der Waals surface area (Å²) < 4.78 is 5.73. The van der Waals surface area contributed by atoms with Gasteiger partial charge in [-0.15, -0.1) is 0 Å². The van der Waals surface area contributed by atoms with Crippen LogP contribution in [0.5, 0.6) is 5.75 Å². The van der Waals surface area contributed by atoms with E-state index in [2.05, 4.69) is 0 Å². The normalized spacial score (nSPS) is 29.4. The molecule has 1 N–H and O–H groups in total. The molecule has 4 atom stereocenters. The van der Waals surface area contributed by atoms with Gasteiger partial charge in [0, 0.05) is 35.6 Å². The van der Waals surface area contributed by atoms with Crippen molar-refractivity contribution < 1.29 is 14.6 Å². The van der Waals surface area contributed by atoms with Gasteiger partial charge in [-0.05, 0) is 29.3 Å². The predicted octanol–water partition coefficient (Wildman–Crippen LogP) is 3.90. The summed E-state index contributed by atoms with van der Waals surface area (Å²) in [7, 11) is 0. The Balaban J connectivity index is 1.80. The molecule has 2 aliphatic rings. The zero-order valence-corrected chi connectivity index (χ0v) is 13.2. The van der Waals surface area contributed by atoms with Crippen LogP contribution in [0, 0.1) is 5.92 Å². The minimum Gasteiger partial charge on any atom is -0.465 e. The van der Waals surface area contributed by atoms with Crippen molar-refractivity contribution in [1.29, 1.82) is 0 Å². The van der Waals surface area contributed by atoms with Crippen LogP contribution in [-0.4, -0.2) is 17.2 Å². The van der Waals surface area contributed by atoms with E-state index in [1.807, 2.05) is 36.4 Å². The molecule has 0 spiro atoms. The molecule has 2 aromatic carbocycles. The van der Waals surface area contributed by atoms with Crippen molar-refractivity contribution in [2.75, 3.05) is 0 Å². The minimum atomic E-state index is -0.910. The van der Waals surface area contributed by atoms with Gasteiger partial charge in [0.05, 0.1) is 0 Å². The second-order valence-corrected chi connectivity index (χ2v) is 6.77. The molecule has 0 bridgehead atoms. The van der Waals surface area contributed by atoms with Crippen LogP contribution in [0.3, 0.4) is 0 Å². The summed E-state index contributed by atoms with van der Waals surface area (Å²) in [5, 5.41) is 11.2. The number of rotatable bonds is 1. The van der Waals surface area contributed by atoms with E-state index in [9.17, 15) is 9.90 Å². The number of ketones is 1. The highest BCUT2D eigenvalue weighted by Crippen LogP contribution is 2.52. The van der Waals surface area contributed by atoms with Crippen LogP contribution in [0.25, 0.3) is 0 Å². The van der Waals surface area contributed by atoms with Gasteiger partial charge in [-0.1, -0.05) is 41.9 Å². The van der Waals surface area contributed by atoms with Crippen LogP contribution >= 0.6 is 11.6 Å². The average Bonchev–Trinajstić information content (AvgIpc) is 2.56. The first-order valence-corrected chi connectivity index (χ1v) is 8.22. The van der Waals surface area contributed by atoms with Crippen molar-refractivity contribution in [1.82, 2.24) is 0 Å². The fourth-order valence-corrected chi connectivity index (χ4v) is 4.19. The summed E-state index contributed by atoms with van der Waals surface area (Å²) in [4.78, 5) is 12.3. The first-order chi connectivity index (χ1) is 11.1. The standard InChI is InChI=1S/C19H17ClO3/c20-12-6-7-17-15(8-12)16-10-13(21)9-14(18(16)19(22)23-17)11-4-2-1-3-5-11/h1-8,14,16,18-19,22H,9-10H2/t14-,16+,18-,19+/m1/s1. The van der Waals surface area contributed by atoms with Crippen molar-refractivity contribution >= 4 is 17.4 Å². The van der Waals surface area contributed by atoms with E-state index in [4.69, 9.17) is 16.3 Å². The number of aliphatic hydroxyl groups is 1. The molecule has 118 valence electrons. The molecular weight excluding hydrogens is 312 g/mol. The van der Waals surface area contributed by atoms with Crippen molar-refractivity contribution in [3.63, 3.8) is 0 Å². The number of fused-ring (bicyclic) bond motifs is 3. The molecule has 1 fully saturated rings. The lowest BCUT2D eigenvalue weighted by Crippen LogP contribution is -2.43. The highest BCUT2D eigenvalue weighted by atomic mass is 35.5. The fourth-order valence-electron chi connectivity index (χ4n) is 4.01. The second kappa shape index (κ2) is 5.66. The molecule has 1 saturated carbocycles. The maximum absolute atomic E-state index is 12.3. The number of carbonyl (C=O) groups excluding carboxylic acids is 1. The fraction of sp³-hybridized carbons (Fsp3) is 0.316. The predicted molar refractivity (Wildman–Crippen MR) is 87.7 cm³/mol. The molecule has 23 heavy (non-hydrogen) atoms. The summed E-state index contributed by atoms with van der Waals surface area (Å²) >= 11 is 6.13. The molecular formula is C19H17ClO3. The van der Waals surface area contributed by atoms with Crippen LogP contribution in [-0.2, 0) is 4.79 Å². The highest BCUT2D eigenvalue weighted by Gasteiger charge is 2.47.